The summed E-state index contributed by atoms with van der Waals surface area (Å²) in [5, 5.41) is 14.8. The summed E-state index contributed by atoms with van der Waals surface area (Å²) in [7, 11) is 0. The number of nitrogens with zero attached hydrogens (tertiary/aromatic N) is 1. The van der Waals surface area contributed by atoms with Gasteiger partial charge in [-0.3, -0.25) is 4.79 Å². The number of nitrogens with one attached hydrogen (secondary N) is 2. The van der Waals surface area contributed by atoms with Crippen LogP contribution in [0.5, 0.6) is 0 Å². The minimum Gasteiger partial charge on any atom is -0.374 e. The Kier molecular flexibility index (Phi) is 4.57. The molecule has 2 rings (SSSR count). The molecule has 0 aliphatic rings. The van der Waals surface area contributed by atoms with Crippen LogP contribution in [0.2, 0.25) is 0 Å². The molecule has 0 heterocycles. The Labute approximate surface area is 124 Å². The van der Waals surface area contributed by atoms with E-state index in [4.69, 9.17) is 5.26 Å². The lowest BCUT2D eigenvalue weighted by Gasteiger charge is -2.15. The van der Waals surface area contributed by atoms with Gasteiger partial charge in [-0.1, -0.05) is 18.2 Å². The molecule has 0 saturated carbocycles. The number of carbonyl (C=O) groups is 1. The van der Waals surface area contributed by atoms with Gasteiger partial charge in [0.05, 0.1) is 11.6 Å². The molecule has 2 aromatic rings. The molecule has 0 spiro atoms. The van der Waals surface area contributed by atoms with Crippen molar-refractivity contribution in [3.63, 3.8) is 0 Å². The number of aryl methyl sites for hydroxylation is 1. The molecular weight excluding hydrogens is 262 g/mol. The summed E-state index contributed by atoms with van der Waals surface area (Å²) >= 11 is 0. The van der Waals surface area contributed by atoms with Crippen molar-refractivity contribution in [2.75, 3.05) is 10.6 Å². The van der Waals surface area contributed by atoms with Crippen LogP contribution in [-0.2, 0) is 4.79 Å². The van der Waals surface area contributed by atoms with E-state index in [2.05, 4.69) is 10.6 Å². The monoisotopic (exact) mass is 279 g/mol. The minimum atomic E-state index is -0.377. The van der Waals surface area contributed by atoms with E-state index in [0.717, 1.165) is 11.3 Å². The van der Waals surface area contributed by atoms with Gasteiger partial charge in [0, 0.05) is 11.4 Å². The summed E-state index contributed by atoms with van der Waals surface area (Å²) in [6.07, 6.45) is 0. The molecule has 4 heteroatoms. The first-order chi connectivity index (χ1) is 10.1. The highest BCUT2D eigenvalue weighted by molar-refractivity contribution is 5.96. The molecule has 21 heavy (non-hydrogen) atoms. The van der Waals surface area contributed by atoms with Crippen molar-refractivity contribution in [1.29, 1.82) is 5.26 Å². The van der Waals surface area contributed by atoms with Crippen LogP contribution in [0.25, 0.3) is 0 Å². The molecule has 1 atom stereocenters. The molecule has 1 unspecified atom stereocenters. The molecule has 2 aromatic carbocycles. The molecule has 0 bridgehead atoms. The average Bonchev–Trinajstić information content (AvgIpc) is 2.47. The van der Waals surface area contributed by atoms with Gasteiger partial charge in [-0.25, -0.2) is 0 Å². The van der Waals surface area contributed by atoms with E-state index in [1.165, 1.54) is 0 Å². The van der Waals surface area contributed by atoms with E-state index in [1.54, 1.807) is 31.2 Å². The summed E-state index contributed by atoms with van der Waals surface area (Å²) in [5.41, 5.74) is 3.18. The largest absolute Gasteiger partial charge is 0.374 e. The highest BCUT2D eigenvalue weighted by Crippen LogP contribution is 2.13. The summed E-state index contributed by atoms with van der Waals surface area (Å²) in [4.78, 5) is 12.1. The molecule has 106 valence electrons. The van der Waals surface area contributed by atoms with Crippen molar-refractivity contribution in [2.45, 2.75) is 19.9 Å². The third-order valence-corrected chi connectivity index (χ3v) is 3.05. The lowest BCUT2D eigenvalue weighted by atomic mass is 10.2. The zero-order valence-corrected chi connectivity index (χ0v) is 12.1. The molecular formula is C17H17N3O. The molecule has 0 aromatic heterocycles. The van der Waals surface area contributed by atoms with Gasteiger partial charge in [0.15, 0.2) is 0 Å². The minimum absolute atomic E-state index is 0.147. The van der Waals surface area contributed by atoms with Crippen LogP contribution in [-0.4, -0.2) is 11.9 Å². The van der Waals surface area contributed by atoms with Gasteiger partial charge in [-0.2, -0.15) is 5.26 Å². The van der Waals surface area contributed by atoms with Crippen LogP contribution in [0, 0.1) is 18.3 Å². The SMILES string of the molecule is Cc1cccc(NC(C)C(=O)Nc2cccc(C#N)c2)c1. The fraction of sp³-hybridized carbons (Fsp3) is 0.176. The van der Waals surface area contributed by atoms with Crippen LogP contribution in [0.1, 0.15) is 18.1 Å². The zero-order chi connectivity index (χ0) is 15.2. The molecule has 0 saturated heterocycles. The second-order valence-electron chi connectivity index (χ2n) is 4.92. The number of hydrogen-bond donors (Lipinski definition) is 2. The maximum atomic E-state index is 12.1. The number of nitriles is 1. The molecule has 0 aliphatic carbocycles. The lowest BCUT2D eigenvalue weighted by molar-refractivity contribution is -0.116. The number of benzene rings is 2. The highest BCUT2D eigenvalue weighted by Gasteiger charge is 2.12. The van der Waals surface area contributed by atoms with Gasteiger partial charge in [0.1, 0.15) is 6.04 Å². The van der Waals surface area contributed by atoms with E-state index in [1.807, 2.05) is 37.3 Å². The summed E-state index contributed by atoms with van der Waals surface area (Å²) in [6, 6.07) is 16.4. The summed E-state index contributed by atoms with van der Waals surface area (Å²) < 4.78 is 0. The Morgan fingerprint density at radius 2 is 1.86 bits per heavy atom. The van der Waals surface area contributed by atoms with E-state index in [9.17, 15) is 4.79 Å². The number of rotatable bonds is 4. The predicted octanol–water partition coefficient (Wildman–Crippen LogP) is 3.31. The topological polar surface area (TPSA) is 64.9 Å². The van der Waals surface area contributed by atoms with Crippen LogP contribution in [0.3, 0.4) is 0 Å². The first-order valence-electron chi connectivity index (χ1n) is 6.73. The summed E-state index contributed by atoms with van der Waals surface area (Å²) in [6.45, 7) is 3.80. The van der Waals surface area contributed by atoms with Crippen molar-refractivity contribution in [3.05, 3.63) is 59.7 Å². The van der Waals surface area contributed by atoms with Crippen molar-refractivity contribution >= 4 is 17.3 Å². The Bertz CT molecular complexity index is 688. The smallest absolute Gasteiger partial charge is 0.246 e. The van der Waals surface area contributed by atoms with Gasteiger partial charge in [0.2, 0.25) is 5.91 Å². The Hall–Kier alpha value is -2.80. The standard InChI is InChI=1S/C17H17N3O/c1-12-5-3-7-15(9-12)19-13(2)17(21)20-16-8-4-6-14(10-16)11-18/h3-10,13,19H,1-2H3,(H,20,21). The quantitative estimate of drug-likeness (QED) is 0.902. The van der Waals surface area contributed by atoms with Gasteiger partial charge in [-0.15, -0.1) is 0 Å². The number of amides is 1. The average molecular weight is 279 g/mol. The van der Waals surface area contributed by atoms with Gasteiger partial charge in [-0.05, 0) is 49.7 Å². The maximum absolute atomic E-state index is 12.1. The molecule has 1 amide bonds. The molecule has 0 fully saturated rings. The summed E-state index contributed by atoms with van der Waals surface area (Å²) in [5.74, 6) is -0.147. The van der Waals surface area contributed by atoms with Crippen molar-refractivity contribution in [3.8, 4) is 6.07 Å². The maximum Gasteiger partial charge on any atom is 0.246 e. The molecule has 2 N–H and O–H groups in total. The zero-order valence-electron chi connectivity index (χ0n) is 12.1. The number of anilines is 2. The van der Waals surface area contributed by atoms with Gasteiger partial charge in [0.25, 0.3) is 0 Å². The van der Waals surface area contributed by atoms with Crippen molar-refractivity contribution < 1.29 is 4.79 Å². The molecule has 0 aliphatic heterocycles. The van der Waals surface area contributed by atoms with E-state index in [0.29, 0.717) is 11.3 Å². The third-order valence-electron chi connectivity index (χ3n) is 3.05. The highest BCUT2D eigenvalue weighted by atomic mass is 16.2. The number of carbonyl (C=O) groups excluding carboxylic acids is 1. The normalized spacial score (nSPS) is 11.3. The molecule has 0 radical (unpaired) electrons. The van der Waals surface area contributed by atoms with Crippen molar-refractivity contribution in [1.82, 2.24) is 0 Å². The molecule has 4 nitrogen and oxygen atoms in total. The van der Waals surface area contributed by atoms with Gasteiger partial charge >= 0.3 is 0 Å². The first kappa shape index (κ1) is 14.6. The van der Waals surface area contributed by atoms with Crippen molar-refractivity contribution in [2.24, 2.45) is 0 Å². The number of hydrogen-bond acceptors (Lipinski definition) is 3. The van der Waals surface area contributed by atoms with Crippen LogP contribution in [0.4, 0.5) is 11.4 Å². The Morgan fingerprint density at radius 3 is 2.57 bits per heavy atom. The predicted molar refractivity (Wildman–Crippen MR) is 84.1 cm³/mol. The second-order valence-corrected chi connectivity index (χ2v) is 4.92. The third kappa shape index (κ3) is 4.08. The Balaban J connectivity index is 2.01. The first-order valence-corrected chi connectivity index (χ1v) is 6.73. The van der Waals surface area contributed by atoms with E-state index >= 15 is 0 Å². The Morgan fingerprint density at radius 1 is 1.14 bits per heavy atom. The second kappa shape index (κ2) is 6.58. The fourth-order valence-corrected chi connectivity index (χ4v) is 1.97. The van der Waals surface area contributed by atoms with E-state index < -0.39 is 0 Å². The van der Waals surface area contributed by atoms with E-state index in [-0.39, 0.29) is 11.9 Å². The lowest BCUT2D eigenvalue weighted by Crippen LogP contribution is -2.31. The van der Waals surface area contributed by atoms with Gasteiger partial charge < -0.3 is 10.6 Å². The van der Waals surface area contributed by atoms with Crippen LogP contribution < -0.4 is 10.6 Å². The fourth-order valence-electron chi connectivity index (χ4n) is 1.97. The van der Waals surface area contributed by atoms with Crippen LogP contribution in [0.15, 0.2) is 48.5 Å². The van der Waals surface area contributed by atoms with Crippen LogP contribution >= 0.6 is 0 Å².